The summed E-state index contributed by atoms with van der Waals surface area (Å²) < 4.78 is 3.41. The molecule has 2 aromatic rings. The van der Waals surface area contributed by atoms with Crippen LogP contribution in [0.15, 0.2) is 28.9 Å². The van der Waals surface area contributed by atoms with E-state index in [1.165, 1.54) is 27.4 Å². The van der Waals surface area contributed by atoms with Crippen LogP contribution in [0.3, 0.4) is 0 Å². The van der Waals surface area contributed by atoms with Crippen LogP contribution in [0.2, 0.25) is 0 Å². The van der Waals surface area contributed by atoms with Crippen molar-refractivity contribution in [2.75, 3.05) is 13.1 Å². The van der Waals surface area contributed by atoms with Crippen molar-refractivity contribution in [3.8, 4) is 0 Å². The molecular formula is C13H15BrN2. The van der Waals surface area contributed by atoms with Crippen LogP contribution in [0, 0.1) is 0 Å². The van der Waals surface area contributed by atoms with Crippen molar-refractivity contribution in [2.45, 2.75) is 12.3 Å². The van der Waals surface area contributed by atoms with E-state index < -0.39 is 0 Å². The van der Waals surface area contributed by atoms with Gasteiger partial charge in [0, 0.05) is 29.6 Å². The van der Waals surface area contributed by atoms with Gasteiger partial charge in [0.2, 0.25) is 0 Å². The normalized spacial score (nSPS) is 20.8. The second-order valence-electron chi connectivity index (χ2n) is 4.52. The highest BCUT2D eigenvalue weighted by Gasteiger charge is 2.21. The maximum Gasteiger partial charge on any atom is 0.0625 e. The zero-order valence-corrected chi connectivity index (χ0v) is 10.9. The third-order valence-corrected chi connectivity index (χ3v) is 4.12. The Balaban J connectivity index is 2.22. The number of hydrogen-bond donors (Lipinski definition) is 1. The minimum Gasteiger partial charge on any atom is -0.349 e. The Bertz CT molecular complexity index is 524. The van der Waals surface area contributed by atoms with Crippen LogP contribution in [0.5, 0.6) is 0 Å². The Morgan fingerprint density at radius 1 is 1.44 bits per heavy atom. The third-order valence-electron chi connectivity index (χ3n) is 3.48. The summed E-state index contributed by atoms with van der Waals surface area (Å²) in [5.74, 6) is 0.679. The topological polar surface area (TPSA) is 17.0 Å². The molecule has 1 unspecified atom stereocenters. The predicted octanol–water partition coefficient (Wildman–Crippen LogP) is 3.02. The lowest BCUT2D eigenvalue weighted by Gasteiger charge is -2.06. The third kappa shape index (κ3) is 1.50. The first-order chi connectivity index (χ1) is 7.77. The van der Waals surface area contributed by atoms with Crippen molar-refractivity contribution in [1.82, 2.24) is 9.88 Å². The van der Waals surface area contributed by atoms with Crippen molar-refractivity contribution in [1.29, 1.82) is 0 Å². The lowest BCUT2D eigenvalue weighted by atomic mass is 9.98. The monoisotopic (exact) mass is 278 g/mol. The average molecular weight is 279 g/mol. The molecule has 2 nitrogen and oxygen atoms in total. The number of benzene rings is 1. The van der Waals surface area contributed by atoms with Gasteiger partial charge in [-0.1, -0.05) is 12.1 Å². The van der Waals surface area contributed by atoms with Gasteiger partial charge in [0.1, 0.15) is 0 Å². The van der Waals surface area contributed by atoms with Gasteiger partial charge in [0.05, 0.1) is 5.52 Å². The van der Waals surface area contributed by atoms with E-state index in [2.05, 4.69) is 57.3 Å². The molecule has 1 aliphatic heterocycles. The van der Waals surface area contributed by atoms with Gasteiger partial charge in [-0.05, 0) is 46.4 Å². The Morgan fingerprint density at radius 3 is 3.06 bits per heavy atom. The molecular weight excluding hydrogens is 264 g/mol. The van der Waals surface area contributed by atoms with E-state index in [9.17, 15) is 0 Å². The zero-order chi connectivity index (χ0) is 11.1. The zero-order valence-electron chi connectivity index (χ0n) is 9.33. The van der Waals surface area contributed by atoms with Crippen LogP contribution in [0.1, 0.15) is 17.9 Å². The van der Waals surface area contributed by atoms with E-state index in [4.69, 9.17) is 0 Å². The highest BCUT2D eigenvalue weighted by Crippen LogP contribution is 2.33. The molecule has 1 aromatic carbocycles. The van der Waals surface area contributed by atoms with Crippen LogP contribution < -0.4 is 5.32 Å². The Morgan fingerprint density at radius 2 is 2.31 bits per heavy atom. The molecule has 3 heteroatoms. The maximum absolute atomic E-state index is 3.63. The van der Waals surface area contributed by atoms with Crippen LogP contribution in [0.4, 0.5) is 0 Å². The van der Waals surface area contributed by atoms with E-state index in [-0.39, 0.29) is 0 Å². The number of nitrogens with one attached hydrogen (secondary N) is 1. The number of halogens is 1. The molecule has 84 valence electrons. The maximum atomic E-state index is 3.63. The Kier molecular flexibility index (Phi) is 2.52. The average Bonchev–Trinajstić information content (AvgIpc) is 2.86. The summed E-state index contributed by atoms with van der Waals surface area (Å²) in [4.78, 5) is 0. The number of para-hydroxylation sites is 1. The quantitative estimate of drug-likeness (QED) is 0.849. The molecule has 16 heavy (non-hydrogen) atoms. The van der Waals surface area contributed by atoms with E-state index in [0.29, 0.717) is 5.92 Å². The number of aromatic nitrogens is 1. The molecule has 0 bridgehead atoms. The highest BCUT2D eigenvalue weighted by molar-refractivity contribution is 9.10. The highest BCUT2D eigenvalue weighted by atomic mass is 79.9. The van der Waals surface area contributed by atoms with E-state index >= 15 is 0 Å². The summed E-state index contributed by atoms with van der Waals surface area (Å²) in [6.45, 7) is 2.26. The second kappa shape index (κ2) is 3.90. The van der Waals surface area contributed by atoms with Crippen molar-refractivity contribution >= 4 is 26.8 Å². The van der Waals surface area contributed by atoms with E-state index in [0.717, 1.165) is 13.1 Å². The lowest BCUT2D eigenvalue weighted by Crippen LogP contribution is -2.07. The number of fused-ring (bicyclic) bond motifs is 1. The fraction of sp³-hybridized carbons (Fsp3) is 0.385. The molecule has 0 aliphatic carbocycles. The summed E-state index contributed by atoms with van der Waals surface area (Å²) in [7, 11) is 2.12. The molecule has 0 saturated carbocycles. The molecule has 0 spiro atoms. The number of hydrogen-bond acceptors (Lipinski definition) is 1. The largest absolute Gasteiger partial charge is 0.349 e. The summed E-state index contributed by atoms with van der Waals surface area (Å²) in [6, 6.07) is 6.46. The first kappa shape index (κ1) is 10.4. The smallest absolute Gasteiger partial charge is 0.0625 e. The molecule has 1 atom stereocenters. The molecule has 1 fully saturated rings. The molecule has 1 aromatic heterocycles. The summed E-state index contributed by atoms with van der Waals surface area (Å²) in [5.41, 5.74) is 2.80. The molecule has 1 saturated heterocycles. The van der Waals surface area contributed by atoms with Crippen molar-refractivity contribution in [3.63, 3.8) is 0 Å². The first-order valence-electron chi connectivity index (χ1n) is 5.71. The van der Waals surface area contributed by atoms with Gasteiger partial charge in [-0.3, -0.25) is 0 Å². The van der Waals surface area contributed by atoms with Crippen LogP contribution >= 0.6 is 15.9 Å². The van der Waals surface area contributed by atoms with Gasteiger partial charge < -0.3 is 9.88 Å². The van der Waals surface area contributed by atoms with E-state index in [1.807, 2.05) is 0 Å². The number of rotatable bonds is 1. The summed E-state index contributed by atoms with van der Waals surface area (Å²) in [6.07, 6.45) is 3.54. The van der Waals surface area contributed by atoms with Gasteiger partial charge in [-0.15, -0.1) is 0 Å². The summed E-state index contributed by atoms with van der Waals surface area (Å²) in [5, 5.41) is 4.83. The fourth-order valence-corrected chi connectivity index (χ4v) is 3.34. The molecule has 1 aliphatic rings. The molecule has 0 amide bonds. The number of nitrogens with zero attached hydrogens (tertiary/aromatic N) is 1. The first-order valence-corrected chi connectivity index (χ1v) is 6.51. The number of aryl methyl sites for hydroxylation is 1. The molecule has 2 heterocycles. The van der Waals surface area contributed by atoms with Crippen molar-refractivity contribution < 1.29 is 0 Å². The Hall–Kier alpha value is -0.800. The van der Waals surface area contributed by atoms with Gasteiger partial charge in [0.25, 0.3) is 0 Å². The standard InChI is InChI=1S/C13H15BrN2/c1-16-8-11(9-5-6-15-7-9)10-3-2-4-12(14)13(10)16/h2-4,8-9,15H,5-7H2,1H3. The Labute approximate surface area is 104 Å². The summed E-state index contributed by atoms with van der Waals surface area (Å²) >= 11 is 3.63. The van der Waals surface area contributed by atoms with Crippen LogP contribution in [0.25, 0.3) is 10.9 Å². The van der Waals surface area contributed by atoms with Crippen molar-refractivity contribution in [3.05, 3.63) is 34.4 Å². The van der Waals surface area contributed by atoms with Gasteiger partial charge in [-0.25, -0.2) is 0 Å². The molecule has 3 rings (SSSR count). The molecule has 0 radical (unpaired) electrons. The van der Waals surface area contributed by atoms with Gasteiger partial charge >= 0.3 is 0 Å². The molecule has 1 N–H and O–H groups in total. The fourth-order valence-electron chi connectivity index (χ4n) is 2.69. The van der Waals surface area contributed by atoms with Crippen LogP contribution in [-0.2, 0) is 7.05 Å². The SMILES string of the molecule is Cn1cc(C2CCNC2)c2cccc(Br)c21. The lowest BCUT2D eigenvalue weighted by molar-refractivity contribution is 0.763. The minimum absolute atomic E-state index is 0.679. The predicted molar refractivity (Wildman–Crippen MR) is 70.8 cm³/mol. The van der Waals surface area contributed by atoms with Crippen LogP contribution in [-0.4, -0.2) is 17.7 Å². The van der Waals surface area contributed by atoms with Gasteiger partial charge in [0.15, 0.2) is 0 Å². The van der Waals surface area contributed by atoms with Crippen molar-refractivity contribution in [2.24, 2.45) is 7.05 Å². The van der Waals surface area contributed by atoms with Gasteiger partial charge in [-0.2, -0.15) is 0 Å². The second-order valence-corrected chi connectivity index (χ2v) is 5.38. The minimum atomic E-state index is 0.679. The van der Waals surface area contributed by atoms with E-state index in [1.54, 1.807) is 0 Å².